The van der Waals surface area contributed by atoms with E-state index in [0.717, 1.165) is 6.07 Å². The molecule has 0 saturated carbocycles. The van der Waals surface area contributed by atoms with E-state index in [9.17, 15) is 49.5 Å². The van der Waals surface area contributed by atoms with Crippen LogP contribution in [0, 0.1) is 6.92 Å². The minimum atomic E-state index is -1.45. The zero-order valence-corrected chi connectivity index (χ0v) is 34.1. The van der Waals surface area contributed by atoms with Crippen LogP contribution in [0.25, 0.3) is 0 Å². The van der Waals surface area contributed by atoms with Crippen molar-refractivity contribution < 1.29 is 73.2 Å². The summed E-state index contributed by atoms with van der Waals surface area (Å²) in [4.78, 5) is 62.1. The summed E-state index contributed by atoms with van der Waals surface area (Å²) in [5.41, 5.74) is -0.431. The molecule has 5 aromatic rings. The van der Waals surface area contributed by atoms with Gasteiger partial charge in [-0.15, -0.1) is 0 Å². The van der Waals surface area contributed by atoms with Gasteiger partial charge < -0.3 is 75.8 Å². The Labute approximate surface area is 352 Å². The van der Waals surface area contributed by atoms with Crippen molar-refractivity contribution in [2.45, 2.75) is 6.92 Å². The largest absolute Gasteiger partial charge is 0.496 e. The molecule has 0 spiro atoms. The van der Waals surface area contributed by atoms with Crippen LogP contribution in [0.3, 0.4) is 0 Å². The number of ether oxygens (including phenoxy) is 5. The van der Waals surface area contributed by atoms with E-state index < -0.39 is 29.8 Å². The lowest BCUT2D eigenvalue weighted by molar-refractivity contribution is 0.0686. The highest BCUT2D eigenvalue weighted by molar-refractivity contribution is 6.03. The summed E-state index contributed by atoms with van der Waals surface area (Å²) in [7, 11) is 8.17. The molecule has 0 aliphatic heterocycles. The zero-order chi connectivity index (χ0) is 45.6. The second kappa shape index (κ2) is 18.6. The molecular formula is C42H41N5O15. The molecule has 0 saturated heterocycles. The number of anilines is 9. The number of carboxylic acid groups (broad SMARTS) is 5. The van der Waals surface area contributed by atoms with Gasteiger partial charge in [-0.25, -0.2) is 24.0 Å². The summed E-state index contributed by atoms with van der Waals surface area (Å²) in [5.74, 6) is -6.12. The number of hydrogen-bond donors (Lipinski definition) is 10. The van der Waals surface area contributed by atoms with E-state index in [1.165, 1.54) is 97.2 Å². The maximum absolute atomic E-state index is 12.7. The van der Waals surface area contributed by atoms with Crippen LogP contribution in [0.5, 0.6) is 28.7 Å². The van der Waals surface area contributed by atoms with Crippen LogP contribution in [0.4, 0.5) is 51.2 Å². The van der Waals surface area contributed by atoms with Crippen molar-refractivity contribution in [2.75, 3.05) is 69.2 Å². The van der Waals surface area contributed by atoms with Crippen molar-refractivity contribution in [3.8, 4) is 28.7 Å². The first-order valence-electron chi connectivity index (χ1n) is 18.0. The Morgan fingerprint density at radius 1 is 0.355 bits per heavy atom. The van der Waals surface area contributed by atoms with E-state index in [-0.39, 0.29) is 102 Å². The van der Waals surface area contributed by atoms with E-state index in [1.54, 1.807) is 6.92 Å². The third-order valence-corrected chi connectivity index (χ3v) is 9.39. The molecule has 10 N–H and O–H groups in total. The number of carboxylic acids is 5. The molecule has 0 fully saturated rings. The molecular weight excluding hydrogens is 814 g/mol. The van der Waals surface area contributed by atoms with Gasteiger partial charge in [-0.1, -0.05) is 0 Å². The number of aryl methyl sites for hydroxylation is 1. The second-order valence-electron chi connectivity index (χ2n) is 13.0. The van der Waals surface area contributed by atoms with Crippen LogP contribution >= 0.6 is 0 Å². The Bertz CT molecular complexity index is 2630. The molecule has 0 atom stereocenters. The molecule has 0 bridgehead atoms. The first kappa shape index (κ1) is 44.6. The van der Waals surface area contributed by atoms with Crippen LogP contribution in [-0.4, -0.2) is 98.0 Å². The van der Waals surface area contributed by atoms with Gasteiger partial charge in [-0.2, -0.15) is 0 Å². The fraction of sp³-hybridized carbons (Fsp3) is 0.167. The number of benzene rings is 5. The topological polar surface area (TPSA) is 293 Å². The fourth-order valence-electron chi connectivity index (χ4n) is 6.38. The lowest BCUT2D eigenvalue weighted by atomic mass is 10.1. The van der Waals surface area contributed by atoms with Gasteiger partial charge in [0, 0.05) is 37.4 Å². The fourth-order valence-corrected chi connectivity index (χ4v) is 6.38. The van der Waals surface area contributed by atoms with E-state index in [0.29, 0.717) is 11.3 Å². The second-order valence-corrected chi connectivity index (χ2v) is 13.0. The Kier molecular flexibility index (Phi) is 13.3. The lowest BCUT2D eigenvalue weighted by Gasteiger charge is -2.21. The molecule has 20 heteroatoms. The van der Waals surface area contributed by atoms with Gasteiger partial charge >= 0.3 is 29.8 Å². The van der Waals surface area contributed by atoms with Crippen LogP contribution in [0.1, 0.15) is 57.4 Å². The van der Waals surface area contributed by atoms with Crippen molar-refractivity contribution in [3.63, 3.8) is 0 Å². The number of hydrogen-bond acceptors (Lipinski definition) is 15. The molecule has 5 rings (SSSR count). The van der Waals surface area contributed by atoms with Crippen molar-refractivity contribution >= 4 is 81.0 Å². The SMILES string of the molecule is CNc1cc(OC)c(Nc2cc(OC)c(Nc3cc(OC)c(Nc4cc(OC)c(Nc5cc(OC)c(C)cc5C(=O)O)cc4C(=O)O)cc3C(=O)O)cc2C(=O)O)cc1C(=O)O. The van der Waals surface area contributed by atoms with Gasteiger partial charge in [0.05, 0.1) is 115 Å². The van der Waals surface area contributed by atoms with Crippen molar-refractivity contribution in [2.24, 2.45) is 0 Å². The van der Waals surface area contributed by atoms with Gasteiger partial charge in [0.2, 0.25) is 0 Å². The third kappa shape index (κ3) is 9.18. The van der Waals surface area contributed by atoms with Gasteiger partial charge in [0.15, 0.2) is 0 Å². The maximum Gasteiger partial charge on any atom is 0.337 e. The quantitative estimate of drug-likeness (QED) is 0.0383. The van der Waals surface area contributed by atoms with Crippen molar-refractivity contribution in [3.05, 3.63) is 94.0 Å². The summed E-state index contributed by atoms with van der Waals surface area (Å²) in [6.45, 7) is 1.67. The Hall–Kier alpha value is -8.55. The first-order chi connectivity index (χ1) is 29.5. The molecule has 0 aromatic heterocycles. The molecule has 62 heavy (non-hydrogen) atoms. The third-order valence-electron chi connectivity index (χ3n) is 9.39. The van der Waals surface area contributed by atoms with Crippen molar-refractivity contribution in [1.29, 1.82) is 0 Å². The molecule has 5 aromatic carbocycles. The molecule has 0 heterocycles. The summed E-state index contributed by atoms with van der Waals surface area (Å²) < 4.78 is 27.4. The molecule has 0 amide bonds. The standard InChI is InChI=1S/C42H41N5O15/c1-18-8-19(38(48)49)25(14-33(18)58-3)44-30-10-21(40(52)53)27(16-35(30)60-5)46-32-12-23(42(56)57)28(17-37(32)62-7)47-31-11-22(41(54)55)26(15-36(31)61-6)45-29-9-20(39(50)51)24(43-2)13-34(29)59-4/h8-17,43-47H,1-7H3,(H,48,49)(H,50,51)(H,52,53)(H,54,55)(H,56,57). The predicted octanol–water partition coefficient (Wildman–Crippen LogP) is 7.55. The van der Waals surface area contributed by atoms with Crippen LogP contribution in [0.15, 0.2) is 60.7 Å². The van der Waals surface area contributed by atoms with Gasteiger partial charge in [-0.05, 0) is 42.8 Å². The van der Waals surface area contributed by atoms with E-state index in [4.69, 9.17) is 23.7 Å². The monoisotopic (exact) mass is 855 g/mol. The Morgan fingerprint density at radius 2 is 0.581 bits per heavy atom. The van der Waals surface area contributed by atoms with Crippen LogP contribution in [0.2, 0.25) is 0 Å². The Morgan fingerprint density at radius 3 is 0.823 bits per heavy atom. The Balaban J connectivity index is 1.56. The van der Waals surface area contributed by atoms with Gasteiger partial charge in [-0.3, -0.25) is 0 Å². The molecule has 20 nitrogen and oxygen atoms in total. The van der Waals surface area contributed by atoms with Crippen LogP contribution in [-0.2, 0) is 0 Å². The van der Waals surface area contributed by atoms with Gasteiger partial charge in [0.1, 0.15) is 28.7 Å². The first-order valence-corrected chi connectivity index (χ1v) is 18.0. The summed E-state index contributed by atoms with van der Waals surface area (Å²) in [6.07, 6.45) is 0. The summed E-state index contributed by atoms with van der Waals surface area (Å²) in [5, 5.41) is 64.9. The highest BCUT2D eigenvalue weighted by Crippen LogP contribution is 2.43. The normalized spacial score (nSPS) is 10.5. The lowest BCUT2D eigenvalue weighted by Crippen LogP contribution is -2.10. The highest BCUT2D eigenvalue weighted by Gasteiger charge is 2.25. The number of aromatic carboxylic acids is 5. The smallest absolute Gasteiger partial charge is 0.337 e. The van der Waals surface area contributed by atoms with Crippen LogP contribution < -0.4 is 50.3 Å². The van der Waals surface area contributed by atoms with Gasteiger partial charge in [0.25, 0.3) is 0 Å². The predicted molar refractivity (Wildman–Crippen MR) is 227 cm³/mol. The van der Waals surface area contributed by atoms with E-state index in [2.05, 4.69) is 26.6 Å². The van der Waals surface area contributed by atoms with E-state index in [1.807, 2.05) is 0 Å². The average molecular weight is 856 g/mol. The number of methoxy groups -OCH3 is 5. The average Bonchev–Trinajstić information content (AvgIpc) is 3.24. The molecule has 0 radical (unpaired) electrons. The summed E-state index contributed by atoms with van der Waals surface area (Å²) >= 11 is 0. The molecule has 324 valence electrons. The molecule has 0 aliphatic rings. The zero-order valence-electron chi connectivity index (χ0n) is 34.1. The molecule has 0 unspecified atom stereocenters. The highest BCUT2D eigenvalue weighted by atomic mass is 16.5. The minimum absolute atomic E-state index is 0.00248. The number of carbonyl (C=O) groups is 5. The van der Waals surface area contributed by atoms with E-state index >= 15 is 0 Å². The van der Waals surface area contributed by atoms with Crippen molar-refractivity contribution in [1.82, 2.24) is 0 Å². The maximum atomic E-state index is 12.7. The molecule has 0 aliphatic carbocycles. The minimum Gasteiger partial charge on any atom is -0.496 e. The summed E-state index contributed by atoms with van der Waals surface area (Å²) in [6, 6.07) is 13.0. The number of rotatable bonds is 19. The number of nitrogens with one attached hydrogen (secondary N) is 5.